The molecule has 0 aromatic carbocycles. The molecule has 3 nitrogen and oxygen atoms in total. The van der Waals surface area contributed by atoms with Crippen LogP contribution in [0.15, 0.2) is 0 Å². The first-order chi connectivity index (χ1) is 8.24. The fourth-order valence-corrected chi connectivity index (χ4v) is 3.58. The maximum atomic E-state index is 5.82. The van der Waals surface area contributed by atoms with Crippen molar-refractivity contribution in [1.29, 1.82) is 0 Å². The number of rotatable bonds is 4. The Hall–Kier alpha value is -0.120. The van der Waals surface area contributed by atoms with Gasteiger partial charge in [-0.2, -0.15) is 0 Å². The molecule has 0 amide bonds. The van der Waals surface area contributed by atoms with Crippen LogP contribution in [0.1, 0.15) is 58.3 Å². The topological polar surface area (TPSA) is 47.3 Å². The smallest absolute Gasteiger partial charge is 0.0468 e. The number of hydrazine groups is 1. The second-order valence-electron chi connectivity index (χ2n) is 6.23. The van der Waals surface area contributed by atoms with Crippen molar-refractivity contribution < 1.29 is 4.74 Å². The van der Waals surface area contributed by atoms with Gasteiger partial charge in [0.05, 0.1) is 0 Å². The van der Waals surface area contributed by atoms with Crippen molar-refractivity contribution in [1.82, 2.24) is 5.43 Å². The van der Waals surface area contributed by atoms with Gasteiger partial charge in [-0.3, -0.25) is 11.3 Å². The van der Waals surface area contributed by atoms with E-state index in [1.807, 2.05) is 0 Å². The highest BCUT2D eigenvalue weighted by Crippen LogP contribution is 2.41. The van der Waals surface area contributed by atoms with Gasteiger partial charge in [0.2, 0.25) is 0 Å². The maximum Gasteiger partial charge on any atom is 0.0468 e. The predicted octanol–water partition coefficient (Wildman–Crippen LogP) is 2.61. The number of nitrogens with one attached hydrogen (secondary N) is 1. The Balaban J connectivity index is 1.89. The molecule has 1 saturated heterocycles. The van der Waals surface area contributed by atoms with E-state index in [9.17, 15) is 0 Å². The van der Waals surface area contributed by atoms with Crippen LogP contribution in [0.25, 0.3) is 0 Å². The molecule has 0 radical (unpaired) electrons. The molecule has 2 rings (SSSR count). The third-order valence-corrected chi connectivity index (χ3v) is 4.95. The monoisotopic (exact) mass is 240 g/mol. The van der Waals surface area contributed by atoms with Crippen molar-refractivity contribution in [2.24, 2.45) is 17.2 Å². The Kier molecular flexibility index (Phi) is 4.83. The molecule has 1 saturated carbocycles. The van der Waals surface area contributed by atoms with Crippen LogP contribution in [0.2, 0.25) is 0 Å². The third-order valence-electron chi connectivity index (χ3n) is 4.95. The minimum absolute atomic E-state index is 0.422. The summed E-state index contributed by atoms with van der Waals surface area (Å²) in [5.41, 5.74) is 3.54. The quantitative estimate of drug-likeness (QED) is 0.586. The van der Waals surface area contributed by atoms with Gasteiger partial charge in [-0.25, -0.2) is 0 Å². The lowest BCUT2D eigenvalue weighted by Gasteiger charge is -2.42. The summed E-state index contributed by atoms with van der Waals surface area (Å²) in [7, 11) is 0. The van der Waals surface area contributed by atoms with Gasteiger partial charge in [0.25, 0.3) is 0 Å². The molecule has 1 aliphatic heterocycles. The van der Waals surface area contributed by atoms with Crippen LogP contribution in [-0.4, -0.2) is 19.3 Å². The first kappa shape index (κ1) is 13.3. The molecule has 100 valence electrons. The zero-order valence-electron chi connectivity index (χ0n) is 11.2. The molecule has 1 aliphatic carbocycles. The van der Waals surface area contributed by atoms with Crippen LogP contribution in [0.4, 0.5) is 0 Å². The van der Waals surface area contributed by atoms with Gasteiger partial charge >= 0.3 is 0 Å². The molecule has 0 spiro atoms. The van der Waals surface area contributed by atoms with Crippen LogP contribution < -0.4 is 11.3 Å². The van der Waals surface area contributed by atoms with E-state index in [1.165, 1.54) is 51.4 Å². The first-order valence-electron chi connectivity index (χ1n) is 7.28. The molecule has 17 heavy (non-hydrogen) atoms. The van der Waals surface area contributed by atoms with E-state index in [0.717, 1.165) is 19.1 Å². The van der Waals surface area contributed by atoms with Gasteiger partial charge in [0.1, 0.15) is 0 Å². The van der Waals surface area contributed by atoms with E-state index in [2.05, 4.69) is 12.3 Å². The molecule has 1 heterocycles. The standard InChI is InChI=1S/C14H28N2O/c1-14(7-3-2-4-8-14)13(16-15)11-12-5-9-17-10-6-12/h12-13,16H,2-11,15H2,1H3. The summed E-state index contributed by atoms with van der Waals surface area (Å²) in [6, 6.07) is 0.492. The van der Waals surface area contributed by atoms with E-state index in [0.29, 0.717) is 11.5 Å². The van der Waals surface area contributed by atoms with Crippen molar-refractivity contribution in [2.75, 3.05) is 13.2 Å². The van der Waals surface area contributed by atoms with Gasteiger partial charge in [0, 0.05) is 19.3 Å². The van der Waals surface area contributed by atoms with E-state index in [-0.39, 0.29) is 0 Å². The molecule has 0 aromatic rings. The Morgan fingerprint density at radius 1 is 1.24 bits per heavy atom. The van der Waals surface area contributed by atoms with Crippen LogP contribution in [0.5, 0.6) is 0 Å². The lowest BCUT2D eigenvalue weighted by atomic mass is 9.68. The maximum absolute atomic E-state index is 5.82. The molecule has 2 aliphatic rings. The normalized spacial score (nSPS) is 27.9. The zero-order chi connectivity index (χ0) is 12.1. The summed E-state index contributed by atoms with van der Waals surface area (Å²) in [5.74, 6) is 6.63. The van der Waals surface area contributed by atoms with Crippen LogP contribution in [0.3, 0.4) is 0 Å². The average Bonchev–Trinajstić information content (AvgIpc) is 2.38. The molecule has 1 unspecified atom stereocenters. The first-order valence-corrected chi connectivity index (χ1v) is 7.28. The highest BCUT2D eigenvalue weighted by Gasteiger charge is 2.36. The second kappa shape index (κ2) is 6.17. The molecule has 0 aromatic heterocycles. The predicted molar refractivity (Wildman–Crippen MR) is 70.5 cm³/mol. The molecule has 1 atom stereocenters. The summed E-state index contributed by atoms with van der Waals surface area (Å²) >= 11 is 0. The van der Waals surface area contributed by atoms with E-state index >= 15 is 0 Å². The summed E-state index contributed by atoms with van der Waals surface area (Å²) < 4.78 is 5.43. The Morgan fingerprint density at radius 2 is 1.88 bits per heavy atom. The summed E-state index contributed by atoms with van der Waals surface area (Å²) in [6.07, 6.45) is 10.5. The van der Waals surface area contributed by atoms with Crippen molar-refractivity contribution >= 4 is 0 Å². The van der Waals surface area contributed by atoms with Crippen molar-refractivity contribution in [3.05, 3.63) is 0 Å². The lowest BCUT2D eigenvalue weighted by Crippen LogP contribution is -2.49. The van der Waals surface area contributed by atoms with Gasteiger partial charge in [-0.1, -0.05) is 26.2 Å². The van der Waals surface area contributed by atoms with E-state index < -0.39 is 0 Å². The van der Waals surface area contributed by atoms with E-state index in [4.69, 9.17) is 10.6 Å². The van der Waals surface area contributed by atoms with Crippen LogP contribution >= 0.6 is 0 Å². The number of nitrogens with two attached hydrogens (primary N) is 1. The minimum atomic E-state index is 0.422. The minimum Gasteiger partial charge on any atom is -0.381 e. The fraction of sp³-hybridized carbons (Fsp3) is 1.00. The highest BCUT2D eigenvalue weighted by molar-refractivity contribution is 4.90. The largest absolute Gasteiger partial charge is 0.381 e. The molecule has 2 fully saturated rings. The molecule has 3 heteroatoms. The zero-order valence-corrected chi connectivity index (χ0v) is 11.2. The molecule has 3 N–H and O–H groups in total. The lowest BCUT2D eigenvalue weighted by molar-refractivity contribution is 0.0462. The molecular weight excluding hydrogens is 212 g/mol. The Morgan fingerprint density at radius 3 is 2.47 bits per heavy atom. The number of hydrogen-bond donors (Lipinski definition) is 2. The second-order valence-corrected chi connectivity index (χ2v) is 6.23. The summed E-state index contributed by atoms with van der Waals surface area (Å²) in [5, 5.41) is 0. The highest BCUT2D eigenvalue weighted by atomic mass is 16.5. The number of hydrogen-bond acceptors (Lipinski definition) is 3. The molecule has 0 bridgehead atoms. The van der Waals surface area contributed by atoms with Crippen molar-refractivity contribution in [3.8, 4) is 0 Å². The Labute approximate surface area is 105 Å². The third kappa shape index (κ3) is 3.43. The van der Waals surface area contributed by atoms with Gasteiger partial charge < -0.3 is 4.74 Å². The molecular formula is C14H28N2O. The Bertz CT molecular complexity index is 220. The SMILES string of the molecule is CC1(C(CC2CCOCC2)NN)CCCCC1. The fourth-order valence-electron chi connectivity index (χ4n) is 3.58. The van der Waals surface area contributed by atoms with Gasteiger partial charge in [-0.15, -0.1) is 0 Å². The average molecular weight is 240 g/mol. The summed E-state index contributed by atoms with van der Waals surface area (Å²) in [4.78, 5) is 0. The van der Waals surface area contributed by atoms with Gasteiger partial charge in [-0.05, 0) is 43.4 Å². The number of ether oxygens (including phenoxy) is 1. The van der Waals surface area contributed by atoms with Crippen LogP contribution in [-0.2, 0) is 4.74 Å². The van der Waals surface area contributed by atoms with E-state index in [1.54, 1.807) is 0 Å². The van der Waals surface area contributed by atoms with Crippen LogP contribution in [0, 0.1) is 11.3 Å². The summed E-state index contributed by atoms with van der Waals surface area (Å²) in [6.45, 7) is 4.31. The van der Waals surface area contributed by atoms with Crippen molar-refractivity contribution in [2.45, 2.75) is 64.3 Å². The van der Waals surface area contributed by atoms with Crippen molar-refractivity contribution in [3.63, 3.8) is 0 Å². The van der Waals surface area contributed by atoms with Gasteiger partial charge in [0.15, 0.2) is 0 Å².